The Morgan fingerprint density at radius 2 is 2.10 bits per heavy atom. The fraction of sp³-hybridized carbons (Fsp3) is 0.571. The highest BCUT2D eigenvalue weighted by Gasteiger charge is 2.05. The van der Waals surface area contributed by atoms with Crippen molar-refractivity contribution in [2.45, 2.75) is 19.9 Å². The average molecular weight is 277 g/mol. The Labute approximate surface area is 119 Å². The minimum absolute atomic E-state index is 0.765. The molecular weight excluding hydrogens is 254 g/mol. The smallest absolute Gasteiger partial charge is 0.177 e. The number of imidazole rings is 1. The number of rotatable bonds is 9. The molecule has 0 aliphatic heterocycles. The van der Waals surface area contributed by atoms with Crippen LogP contribution in [0.25, 0.3) is 11.2 Å². The molecule has 20 heavy (non-hydrogen) atoms. The number of hydrogen-bond acceptors (Lipinski definition) is 5. The van der Waals surface area contributed by atoms with Crippen LogP contribution in [0.15, 0.2) is 12.3 Å². The van der Waals surface area contributed by atoms with Crippen LogP contribution in [0.4, 0.5) is 0 Å². The summed E-state index contributed by atoms with van der Waals surface area (Å²) in [5, 5.41) is 6.77. The lowest BCUT2D eigenvalue weighted by Gasteiger charge is -2.06. The molecule has 2 heterocycles. The number of H-pyrrole nitrogens is 1. The summed E-state index contributed by atoms with van der Waals surface area (Å²) in [5.74, 6) is 0.905. The highest BCUT2D eigenvalue weighted by Crippen LogP contribution is 2.13. The molecule has 0 unspecified atom stereocenters. The SMILES string of the molecule is COCCNCCCNCc1ccnc2nc(C)[nH]c12. The van der Waals surface area contributed by atoms with Crippen molar-refractivity contribution in [1.29, 1.82) is 0 Å². The maximum absolute atomic E-state index is 4.98. The van der Waals surface area contributed by atoms with Gasteiger partial charge in [-0.15, -0.1) is 0 Å². The third-order valence-corrected chi connectivity index (χ3v) is 3.10. The maximum Gasteiger partial charge on any atom is 0.177 e. The Kier molecular flexibility index (Phi) is 5.91. The zero-order valence-corrected chi connectivity index (χ0v) is 12.2. The van der Waals surface area contributed by atoms with Crippen LogP contribution < -0.4 is 10.6 Å². The van der Waals surface area contributed by atoms with Gasteiger partial charge < -0.3 is 20.4 Å². The van der Waals surface area contributed by atoms with Crippen LogP contribution in [0.5, 0.6) is 0 Å². The molecule has 2 aromatic heterocycles. The molecule has 110 valence electrons. The monoisotopic (exact) mass is 277 g/mol. The number of nitrogens with zero attached hydrogens (tertiary/aromatic N) is 2. The Bertz CT molecular complexity index is 525. The molecule has 0 amide bonds. The summed E-state index contributed by atoms with van der Waals surface area (Å²) < 4.78 is 4.98. The molecule has 0 radical (unpaired) electrons. The van der Waals surface area contributed by atoms with Crippen molar-refractivity contribution in [1.82, 2.24) is 25.6 Å². The predicted molar refractivity (Wildman–Crippen MR) is 79.7 cm³/mol. The first-order valence-corrected chi connectivity index (χ1v) is 7.02. The van der Waals surface area contributed by atoms with Crippen LogP contribution in [-0.2, 0) is 11.3 Å². The van der Waals surface area contributed by atoms with Gasteiger partial charge in [-0.25, -0.2) is 9.97 Å². The number of hydrogen-bond donors (Lipinski definition) is 3. The van der Waals surface area contributed by atoms with E-state index in [4.69, 9.17) is 4.74 Å². The Balaban J connectivity index is 1.70. The summed E-state index contributed by atoms with van der Waals surface area (Å²) in [6.45, 7) is 6.45. The zero-order chi connectivity index (χ0) is 14.2. The van der Waals surface area contributed by atoms with Gasteiger partial charge in [0.25, 0.3) is 0 Å². The van der Waals surface area contributed by atoms with E-state index in [9.17, 15) is 0 Å². The molecule has 3 N–H and O–H groups in total. The molecule has 0 aliphatic rings. The average Bonchev–Trinajstić information content (AvgIpc) is 2.83. The molecule has 0 saturated heterocycles. The lowest BCUT2D eigenvalue weighted by atomic mass is 10.2. The number of aryl methyl sites for hydroxylation is 1. The number of aromatic amines is 1. The third kappa shape index (κ3) is 4.26. The molecule has 0 saturated carbocycles. The summed E-state index contributed by atoms with van der Waals surface area (Å²) in [6.07, 6.45) is 2.91. The van der Waals surface area contributed by atoms with Crippen LogP contribution in [0.2, 0.25) is 0 Å². The standard InChI is InChI=1S/C14H23N5O/c1-11-18-13-12(4-7-17-14(13)19-11)10-16-6-3-5-15-8-9-20-2/h4,7,15-16H,3,5-6,8-10H2,1-2H3,(H,17,18,19). The number of aromatic nitrogens is 3. The molecule has 0 aliphatic carbocycles. The second-order valence-electron chi connectivity index (χ2n) is 4.76. The van der Waals surface area contributed by atoms with Gasteiger partial charge in [0.05, 0.1) is 12.1 Å². The molecule has 6 heteroatoms. The van der Waals surface area contributed by atoms with E-state index in [0.717, 1.165) is 56.2 Å². The summed E-state index contributed by atoms with van der Waals surface area (Å²) >= 11 is 0. The number of ether oxygens (including phenoxy) is 1. The van der Waals surface area contributed by atoms with Crippen LogP contribution >= 0.6 is 0 Å². The number of pyridine rings is 1. The van der Waals surface area contributed by atoms with E-state index in [0.29, 0.717) is 0 Å². The number of nitrogens with one attached hydrogen (secondary N) is 3. The van der Waals surface area contributed by atoms with Gasteiger partial charge in [0, 0.05) is 26.4 Å². The second-order valence-corrected chi connectivity index (χ2v) is 4.76. The maximum atomic E-state index is 4.98. The van der Waals surface area contributed by atoms with Gasteiger partial charge in [0.1, 0.15) is 5.82 Å². The van der Waals surface area contributed by atoms with Crippen molar-refractivity contribution < 1.29 is 4.74 Å². The van der Waals surface area contributed by atoms with Gasteiger partial charge >= 0.3 is 0 Å². The quantitative estimate of drug-likeness (QED) is 0.596. The lowest BCUT2D eigenvalue weighted by Crippen LogP contribution is -2.24. The molecule has 0 spiro atoms. The minimum atomic E-state index is 0.765. The van der Waals surface area contributed by atoms with E-state index in [1.54, 1.807) is 7.11 Å². The Morgan fingerprint density at radius 1 is 1.25 bits per heavy atom. The largest absolute Gasteiger partial charge is 0.383 e. The van der Waals surface area contributed by atoms with Crippen molar-refractivity contribution in [3.05, 3.63) is 23.7 Å². The van der Waals surface area contributed by atoms with Crippen molar-refractivity contribution in [2.24, 2.45) is 0 Å². The molecule has 2 rings (SSSR count). The Hall–Kier alpha value is -1.50. The van der Waals surface area contributed by atoms with Gasteiger partial charge in [-0.1, -0.05) is 0 Å². The van der Waals surface area contributed by atoms with E-state index in [2.05, 4.69) is 25.6 Å². The second kappa shape index (κ2) is 7.94. The minimum Gasteiger partial charge on any atom is -0.383 e. The van der Waals surface area contributed by atoms with Crippen LogP contribution in [-0.4, -0.2) is 48.3 Å². The van der Waals surface area contributed by atoms with Crippen molar-refractivity contribution in [3.8, 4) is 0 Å². The molecule has 0 bridgehead atoms. The Morgan fingerprint density at radius 3 is 2.95 bits per heavy atom. The van der Waals surface area contributed by atoms with Gasteiger partial charge in [0.15, 0.2) is 5.65 Å². The molecule has 0 fully saturated rings. The predicted octanol–water partition coefficient (Wildman–Crippen LogP) is 0.982. The summed E-state index contributed by atoms with van der Waals surface area (Å²) in [5.41, 5.74) is 3.04. The van der Waals surface area contributed by atoms with Crippen LogP contribution in [0.1, 0.15) is 17.8 Å². The number of methoxy groups -OCH3 is 1. The first kappa shape index (κ1) is 14.9. The van der Waals surface area contributed by atoms with E-state index in [1.165, 1.54) is 5.56 Å². The van der Waals surface area contributed by atoms with Crippen LogP contribution in [0, 0.1) is 6.92 Å². The van der Waals surface area contributed by atoms with Crippen molar-refractivity contribution in [3.63, 3.8) is 0 Å². The molecular formula is C14H23N5O. The van der Waals surface area contributed by atoms with Crippen molar-refractivity contribution >= 4 is 11.2 Å². The fourth-order valence-corrected chi connectivity index (χ4v) is 2.09. The first-order valence-electron chi connectivity index (χ1n) is 7.02. The molecule has 6 nitrogen and oxygen atoms in total. The van der Waals surface area contributed by atoms with E-state index in [1.807, 2.05) is 19.2 Å². The van der Waals surface area contributed by atoms with E-state index in [-0.39, 0.29) is 0 Å². The first-order chi connectivity index (χ1) is 9.81. The van der Waals surface area contributed by atoms with E-state index < -0.39 is 0 Å². The molecule has 2 aromatic rings. The number of fused-ring (bicyclic) bond motifs is 1. The van der Waals surface area contributed by atoms with Gasteiger partial charge in [-0.3, -0.25) is 0 Å². The van der Waals surface area contributed by atoms with E-state index >= 15 is 0 Å². The third-order valence-electron chi connectivity index (χ3n) is 3.10. The van der Waals surface area contributed by atoms with Gasteiger partial charge in [-0.2, -0.15) is 0 Å². The van der Waals surface area contributed by atoms with Gasteiger partial charge in [-0.05, 0) is 38.1 Å². The highest BCUT2D eigenvalue weighted by molar-refractivity contribution is 5.74. The van der Waals surface area contributed by atoms with Crippen molar-refractivity contribution in [2.75, 3.05) is 33.4 Å². The molecule has 0 atom stereocenters. The highest BCUT2D eigenvalue weighted by atomic mass is 16.5. The zero-order valence-electron chi connectivity index (χ0n) is 12.2. The topological polar surface area (TPSA) is 74.9 Å². The normalized spacial score (nSPS) is 11.3. The van der Waals surface area contributed by atoms with Gasteiger partial charge in [0.2, 0.25) is 0 Å². The lowest BCUT2D eigenvalue weighted by molar-refractivity contribution is 0.199. The summed E-state index contributed by atoms with van der Waals surface area (Å²) in [4.78, 5) is 11.9. The summed E-state index contributed by atoms with van der Waals surface area (Å²) in [6, 6.07) is 2.03. The molecule has 0 aromatic carbocycles. The fourth-order valence-electron chi connectivity index (χ4n) is 2.09. The summed E-state index contributed by atoms with van der Waals surface area (Å²) in [7, 11) is 1.72. The van der Waals surface area contributed by atoms with Crippen LogP contribution in [0.3, 0.4) is 0 Å².